The summed E-state index contributed by atoms with van der Waals surface area (Å²) in [5, 5.41) is -0.0632. The van der Waals surface area contributed by atoms with Crippen molar-refractivity contribution in [2.75, 3.05) is 6.54 Å². The molecule has 4 heteroatoms. The molecule has 0 bridgehead atoms. The largest absolute Gasteiger partial charge is 0.401 e. The number of allylic oxidation sites excluding steroid dienone is 1. The molecule has 0 aliphatic carbocycles. The molecule has 1 rings (SSSR count). The van der Waals surface area contributed by atoms with Crippen LogP contribution in [0.25, 0.3) is 0 Å². The lowest BCUT2D eigenvalue weighted by Gasteiger charge is -2.33. The maximum Gasteiger partial charge on any atom is 0.213 e. The Morgan fingerprint density at radius 2 is 2.07 bits per heavy atom. The van der Waals surface area contributed by atoms with E-state index in [1.807, 2.05) is 6.92 Å². The highest BCUT2D eigenvalue weighted by atomic mass is 32.1. The molecular weight excluding hydrogens is 222 g/mol. The Morgan fingerprint density at radius 3 is 2.40 bits per heavy atom. The lowest BCUT2D eigenvalue weighted by Crippen LogP contribution is -2.42. The number of rotatable bonds is 3. The van der Waals surface area contributed by atoms with Crippen LogP contribution in [0.2, 0.25) is 19.1 Å². The number of carbonyl (C=O) groups excluding carboxylic acids is 1. The number of thiol groups is 1. The molecule has 0 unspecified atom stereocenters. The first kappa shape index (κ1) is 12.8. The Bertz CT molecular complexity index is 299. The van der Waals surface area contributed by atoms with E-state index in [0.717, 1.165) is 18.5 Å². The second-order valence-corrected chi connectivity index (χ2v) is 9.86. The number of carbonyl (C=O) groups is 1. The van der Waals surface area contributed by atoms with Gasteiger partial charge in [-0.2, -0.15) is 0 Å². The molecule has 1 aliphatic heterocycles. The van der Waals surface area contributed by atoms with Gasteiger partial charge in [0, 0.05) is 17.8 Å². The topological polar surface area (TPSA) is 20.3 Å². The van der Waals surface area contributed by atoms with Crippen molar-refractivity contribution >= 4 is 26.0 Å². The summed E-state index contributed by atoms with van der Waals surface area (Å²) in [4.78, 5) is 11.4. The highest BCUT2D eigenvalue weighted by molar-refractivity contribution is 7.97. The van der Waals surface area contributed by atoms with E-state index < -0.39 is 8.24 Å². The second-order valence-electron chi connectivity index (χ2n) is 4.79. The number of hydrogen-bond acceptors (Lipinski definition) is 2. The van der Waals surface area contributed by atoms with Crippen LogP contribution < -0.4 is 0 Å². The van der Waals surface area contributed by atoms with Gasteiger partial charge in [-0.3, -0.25) is 4.79 Å². The average molecular weight is 243 g/mol. The fourth-order valence-electron chi connectivity index (χ4n) is 2.45. The third kappa shape index (κ3) is 2.66. The van der Waals surface area contributed by atoms with Gasteiger partial charge in [0.15, 0.2) is 0 Å². The Morgan fingerprint density at radius 1 is 1.47 bits per heavy atom. The molecule has 1 saturated heterocycles. The zero-order valence-corrected chi connectivity index (χ0v) is 12.0. The zero-order valence-electron chi connectivity index (χ0n) is 10.1. The predicted molar refractivity (Wildman–Crippen MR) is 70.6 cm³/mol. The first-order chi connectivity index (χ1) is 6.90. The minimum atomic E-state index is -1.27. The van der Waals surface area contributed by atoms with Gasteiger partial charge in [-0.15, -0.1) is 12.6 Å². The van der Waals surface area contributed by atoms with Crippen LogP contribution in [0.4, 0.5) is 0 Å². The molecular formula is C11H21NOSSi. The maximum atomic E-state index is 11.4. The van der Waals surface area contributed by atoms with Crippen LogP contribution in [0.3, 0.4) is 0 Å². The first-order valence-electron chi connectivity index (χ1n) is 5.61. The minimum absolute atomic E-state index is 0.0632. The summed E-state index contributed by atoms with van der Waals surface area (Å²) in [7, 11) is -1.27. The van der Waals surface area contributed by atoms with Crippen molar-refractivity contribution in [1.82, 2.24) is 4.57 Å². The summed E-state index contributed by atoms with van der Waals surface area (Å²) in [6.07, 6.45) is 2.06. The highest BCUT2D eigenvalue weighted by Gasteiger charge is 2.35. The monoisotopic (exact) mass is 243 g/mol. The van der Waals surface area contributed by atoms with Gasteiger partial charge < -0.3 is 4.57 Å². The number of nitrogens with zero attached hydrogens (tertiary/aromatic N) is 1. The van der Waals surface area contributed by atoms with Crippen LogP contribution in [-0.2, 0) is 4.79 Å². The number of hydrogen-bond donors (Lipinski definition) is 1. The summed E-state index contributed by atoms with van der Waals surface area (Å²) in [6, 6.07) is 1.34. The second kappa shape index (κ2) is 4.74. The van der Waals surface area contributed by atoms with Crippen LogP contribution >= 0.6 is 12.6 Å². The van der Waals surface area contributed by atoms with Gasteiger partial charge in [-0.25, -0.2) is 0 Å². The Hall–Kier alpha value is -0.223. The molecule has 1 fully saturated rings. The van der Waals surface area contributed by atoms with Crippen molar-refractivity contribution < 1.29 is 4.79 Å². The van der Waals surface area contributed by atoms with E-state index in [1.54, 1.807) is 0 Å². The van der Waals surface area contributed by atoms with Crippen molar-refractivity contribution in [3.05, 3.63) is 11.3 Å². The van der Waals surface area contributed by atoms with Crippen LogP contribution in [0, 0.1) is 0 Å². The van der Waals surface area contributed by atoms with E-state index in [0.29, 0.717) is 0 Å². The fourth-order valence-corrected chi connectivity index (χ4v) is 5.87. The van der Waals surface area contributed by atoms with Crippen LogP contribution in [0.15, 0.2) is 11.3 Å². The third-order valence-electron chi connectivity index (χ3n) is 3.35. The van der Waals surface area contributed by atoms with Gasteiger partial charge in [0.05, 0.1) is 0 Å². The molecule has 0 spiro atoms. The molecule has 0 atom stereocenters. The standard InChI is InChI=1S/C11H21NOSSi/c1-5-10(11(13)14)9(2)12-7-6-8-15(12,3)4/h5-8H2,1-4H3,(H,13,14)/b10-9-. The SMILES string of the molecule is CC/C(C(=O)S)=C(\C)N1CCC[Si]1(C)C. The average Bonchev–Trinajstić information content (AvgIpc) is 2.45. The third-order valence-corrected chi connectivity index (χ3v) is 7.22. The molecule has 0 amide bonds. The Kier molecular flexibility index (Phi) is 4.06. The van der Waals surface area contributed by atoms with Gasteiger partial charge in [0.1, 0.15) is 8.24 Å². The highest BCUT2D eigenvalue weighted by Crippen LogP contribution is 2.31. The van der Waals surface area contributed by atoms with Crippen molar-refractivity contribution in [2.24, 2.45) is 0 Å². The van der Waals surface area contributed by atoms with Crippen LogP contribution in [0.1, 0.15) is 26.7 Å². The molecule has 86 valence electrons. The molecule has 0 aromatic rings. The van der Waals surface area contributed by atoms with Crippen molar-refractivity contribution in [3.8, 4) is 0 Å². The zero-order chi connectivity index (χ0) is 11.6. The van der Waals surface area contributed by atoms with E-state index in [1.165, 1.54) is 18.2 Å². The van der Waals surface area contributed by atoms with Gasteiger partial charge in [0.2, 0.25) is 5.12 Å². The summed E-state index contributed by atoms with van der Waals surface area (Å²) in [6.45, 7) is 9.97. The fraction of sp³-hybridized carbons (Fsp3) is 0.727. The molecule has 0 N–H and O–H groups in total. The van der Waals surface area contributed by atoms with E-state index in [2.05, 4.69) is 37.2 Å². The molecule has 15 heavy (non-hydrogen) atoms. The maximum absolute atomic E-state index is 11.4. The Labute approximate surface area is 99.2 Å². The van der Waals surface area contributed by atoms with Crippen molar-refractivity contribution in [1.29, 1.82) is 0 Å². The summed E-state index contributed by atoms with van der Waals surface area (Å²) < 4.78 is 2.49. The molecule has 1 aliphatic rings. The lowest BCUT2D eigenvalue weighted by molar-refractivity contribution is -0.107. The van der Waals surface area contributed by atoms with Crippen molar-refractivity contribution in [3.63, 3.8) is 0 Å². The Balaban J connectivity index is 3.00. The van der Waals surface area contributed by atoms with E-state index in [4.69, 9.17) is 0 Å². The van der Waals surface area contributed by atoms with Gasteiger partial charge in [-0.1, -0.05) is 20.0 Å². The van der Waals surface area contributed by atoms with E-state index in [9.17, 15) is 4.79 Å². The van der Waals surface area contributed by atoms with Crippen LogP contribution in [-0.4, -0.2) is 24.5 Å². The summed E-state index contributed by atoms with van der Waals surface area (Å²) >= 11 is 3.95. The molecule has 0 saturated carbocycles. The molecule has 2 nitrogen and oxygen atoms in total. The molecule has 0 aromatic carbocycles. The lowest BCUT2D eigenvalue weighted by atomic mass is 10.2. The molecule has 1 heterocycles. The van der Waals surface area contributed by atoms with Gasteiger partial charge in [-0.05, 0) is 25.8 Å². The predicted octanol–water partition coefficient (Wildman–Crippen LogP) is 3.04. The summed E-state index contributed by atoms with van der Waals surface area (Å²) in [5.74, 6) is 0. The van der Waals surface area contributed by atoms with Crippen molar-refractivity contribution in [2.45, 2.75) is 45.8 Å². The normalized spacial score (nSPS) is 21.5. The first-order valence-corrected chi connectivity index (χ1v) is 9.21. The van der Waals surface area contributed by atoms with Gasteiger partial charge in [0.25, 0.3) is 0 Å². The van der Waals surface area contributed by atoms with E-state index in [-0.39, 0.29) is 5.12 Å². The van der Waals surface area contributed by atoms with E-state index >= 15 is 0 Å². The van der Waals surface area contributed by atoms with Crippen LogP contribution in [0.5, 0.6) is 0 Å². The quantitative estimate of drug-likeness (QED) is 0.467. The smallest absolute Gasteiger partial charge is 0.213 e. The van der Waals surface area contributed by atoms with Gasteiger partial charge >= 0.3 is 0 Å². The molecule has 0 radical (unpaired) electrons. The minimum Gasteiger partial charge on any atom is -0.401 e. The summed E-state index contributed by atoms with van der Waals surface area (Å²) in [5.41, 5.74) is 2.06. The molecule has 0 aromatic heterocycles.